The second kappa shape index (κ2) is 8.68. The second-order valence-electron chi connectivity index (χ2n) is 6.71. The van der Waals surface area contributed by atoms with E-state index in [4.69, 9.17) is 5.10 Å². The molecule has 7 nitrogen and oxygen atoms in total. The highest BCUT2D eigenvalue weighted by atomic mass is 127. The molecule has 0 aromatic carbocycles. The van der Waals surface area contributed by atoms with Crippen molar-refractivity contribution >= 4 is 29.9 Å². The first-order valence-corrected chi connectivity index (χ1v) is 8.56. The predicted molar refractivity (Wildman–Crippen MR) is 110 cm³/mol. The molecular weight excluding hydrogens is 429 g/mol. The van der Waals surface area contributed by atoms with Gasteiger partial charge in [-0.25, -0.2) is 0 Å². The van der Waals surface area contributed by atoms with E-state index in [0.717, 1.165) is 30.8 Å². The molecule has 2 heterocycles. The smallest absolute Gasteiger partial charge is 0.191 e. The van der Waals surface area contributed by atoms with Crippen LogP contribution in [0.3, 0.4) is 0 Å². The van der Waals surface area contributed by atoms with Crippen molar-refractivity contribution < 1.29 is 0 Å². The SMILES string of the molecule is CN=C(NCc1cnn(C)c1)NC1CCc2cn(C(C)C)nc2C1.I. The number of aryl methyl sites for hydroxylation is 2. The molecule has 0 saturated carbocycles. The molecule has 0 aliphatic heterocycles. The van der Waals surface area contributed by atoms with Crippen LogP contribution in [0.25, 0.3) is 0 Å². The van der Waals surface area contributed by atoms with E-state index in [-0.39, 0.29) is 24.0 Å². The molecule has 0 spiro atoms. The van der Waals surface area contributed by atoms with E-state index in [0.29, 0.717) is 18.6 Å². The molecule has 0 radical (unpaired) electrons. The molecule has 0 amide bonds. The van der Waals surface area contributed by atoms with Gasteiger partial charge >= 0.3 is 0 Å². The Hall–Kier alpha value is -1.58. The van der Waals surface area contributed by atoms with Gasteiger partial charge in [0.25, 0.3) is 0 Å². The summed E-state index contributed by atoms with van der Waals surface area (Å²) in [5.41, 5.74) is 3.75. The Morgan fingerprint density at radius 2 is 2.20 bits per heavy atom. The number of halogens is 1. The Morgan fingerprint density at radius 3 is 2.84 bits per heavy atom. The van der Waals surface area contributed by atoms with Gasteiger partial charge in [0.15, 0.2) is 5.96 Å². The van der Waals surface area contributed by atoms with Gasteiger partial charge in [-0.15, -0.1) is 24.0 Å². The number of fused-ring (bicyclic) bond motifs is 1. The summed E-state index contributed by atoms with van der Waals surface area (Å²) in [5.74, 6) is 0.829. The van der Waals surface area contributed by atoms with E-state index >= 15 is 0 Å². The van der Waals surface area contributed by atoms with Crippen LogP contribution >= 0.6 is 24.0 Å². The molecule has 1 aliphatic rings. The van der Waals surface area contributed by atoms with Crippen molar-refractivity contribution in [2.24, 2.45) is 12.0 Å². The van der Waals surface area contributed by atoms with Gasteiger partial charge < -0.3 is 10.6 Å². The lowest BCUT2D eigenvalue weighted by molar-refractivity contribution is 0.499. The highest BCUT2D eigenvalue weighted by Crippen LogP contribution is 2.21. The van der Waals surface area contributed by atoms with Crippen LogP contribution in [-0.4, -0.2) is 38.6 Å². The maximum atomic E-state index is 4.74. The Morgan fingerprint density at radius 1 is 1.40 bits per heavy atom. The summed E-state index contributed by atoms with van der Waals surface area (Å²) in [4.78, 5) is 4.34. The van der Waals surface area contributed by atoms with E-state index in [1.54, 1.807) is 11.7 Å². The lowest BCUT2D eigenvalue weighted by atomic mass is 9.94. The molecule has 25 heavy (non-hydrogen) atoms. The van der Waals surface area contributed by atoms with Crippen LogP contribution in [0.5, 0.6) is 0 Å². The van der Waals surface area contributed by atoms with Gasteiger partial charge in [0.2, 0.25) is 0 Å². The molecule has 0 saturated heterocycles. The van der Waals surface area contributed by atoms with E-state index in [1.807, 2.05) is 19.4 Å². The number of hydrogen-bond donors (Lipinski definition) is 2. The lowest BCUT2D eigenvalue weighted by Gasteiger charge is -2.24. The van der Waals surface area contributed by atoms with Gasteiger partial charge in [-0.05, 0) is 32.3 Å². The van der Waals surface area contributed by atoms with Crippen molar-refractivity contribution in [2.45, 2.75) is 51.7 Å². The first-order chi connectivity index (χ1) is 11.5. The monoisotopic (exact) mass is 457 g/mol. The lowest BCUT2D eigenvalue weighted by Crippen LogP contribution is -2.45. The van der Waals surface area contributed by atoms with E-state index in [9.17, 15) is 0 Å². The van der Waals surface area contributed by atoms with Gasteiger partial charge in [-0.3, -0.25) is 14.4 Å². The third-order valence-corrected chi connectivity index (χ3v) is 4.41. The Balaban J connectivity index is 0.00000225. The maximum absolute atomic E-state index is 4.74. The molecule has 2 aromatic heterocycles. The second-order valence-corrected chi connectivity index (χ2v) is 6.71. The summed E-state index contributed by atoms with van der Waals surface area (Å²) in [5, 5.41) is 15.8. The number of aliphatic imine (C=N–C) groups is 1. The van der Waals surface area contributed by atoms with E-state index in [2.05, 4.69) is 45.5 Å². The number of hydrogen-bond acceptors (Lipinski definition) is 3. The highest BCUT2D eigenvalue weighted by molar-refractivity contribution is 14.0. The van der Waals surface area contributed by atoms with Crippen LogP contribution in [0, 0.1) is 0 Å². The van der Waals surface area contributed by atoms with Gasteiger partial charge in [0, 0.05) is 57.1 Å². The van der Waals surface area contributed by atoms with Crippen molar-refractivity contribution in [2.75, 3.05) is 7.05 Å². The maximum Gasteiger partial charge on any atom is 0.191 e. The zero-order valence-electron chi connectivity index (χ0n) is 15.4. The van der Waals surface area contributed by atoms with E-state index in [1.165, 1.54) is 11.3 Å². The average Bonchev–Trinajstić information content (AvgIpc) is 3.17. The normalized spacial score (nSPS) is 17.2. The molecule has 3 rings (SSSR count). The molecule has 1 unspecified atom stereocenters. The van der Waals surface area contributed by atoms with Crippen LogP contribution in [-0.2, 0) is 26.4 Å². The first kappa shape index (κ1) is 19.7. The number of nitrogens with zero attached hydrogens (tertiary/aromatic N) is 5. The van der Waals surface area contributed by atoms with Crippen molar-refractivity contribution in [1.82, 2.24) is 30.2 Å². The minimum Gasteiger partial charge on any atom is -0.353 e. The van der Waals surface area contributed by atoms with Crippen LogP contribution in [0.1, 0.15) is 43.1 Å². The number of nitrogens with one attached hydrogen (secondary N) is 2. The van der Waals surface area contributed by atoms with Crippen molar-refractivity contribution in [3.63, 3.8) is 0 Å². The Bertz CT molecular complexity index is 716. The average molecular weight is 457 g/mol. The van der Waals surface area contributed by atoms with Gasteiger partial charge in [-0.2, -0.15) is 10.2 Å². The topological polar surface area (TPSA) is 72.1 Å². The molecule has 138 valence electrons. The summed E-state index contributed by atoms with van der Waals surface area (Å²) in [6, 6.07) is 0.782. The molecule has 1 aliphatic carbocycles. The zero-order chi connectivity index (χ0) is 17.1. The number of aromatic nitrogens is 4. The first-order valence-electron chi connectivity index (χ1n) is 8.56. The van der Waals surface area contributed by atoms with Crippen LogP contribution < -0.4 is 10.6 Å². The van der Waals surface area contributed by atoms with E-state index < -0.39 is 0 Å². The molecule has 0 bridgehead atoms. The van der Waals surface area contributed by atoms with Gasteiger partial charge in [-0.1, -0.05) is 0 Å². The minimum atomic E-state index is 0. The molecule has 2 aromatic rings. The summed E-state index contributed by atoms with van der Waals surface area (Å²) >= 11 is 0. The third-order valence-electron chi connectivity index (χ3n) is 4.41. The van der Waals surface area contributed by atoms with Crippen molar-refractivity contribution in [1.29, 1.82) is 0 Å². The molecular formula is C17H28IN7. The molecule has 2 N–H and O–H groups in total. The van der Waals surface area contributed by atoms with Crippen molar-refractivity contribution in [3.05, 3.63) is 35.4 Å². The fraction of sp³-hybridized carbons (Fsp3) is 0.588. The highest BCUT2D eigenvalue weighted by Gasteiger charge is 2.22. The molecule has 0 fully saturated rings. The Labute approximate surface area is 166 Å². The quantitative estimate of drug-likeness (QED) is 0.419. The molecule has 1 atom stereocenters. The number of guanidine groups is 1. The fourth-order valence-corrected chi connectivity index (χ4v) is 3.04. The minimum absolute atomic E-state index is 0. The summed E-state index contributed by atoms with van der Waals surface area (Å²) in [6.07, 6.45) is 9.19. The summed E-state index contributed by atoms with van der Waals surface area (Å²) in [7, 11) is 3.73. The van der Waals surface area contributed by atoms with Crippen LogP contribution in [0.2, 0.25) is 0 Å². The fourth-order valence-electron chi connectivity index (χ4n) is 3.04. The standard InChI is InChI=1S/C17H27N7.HI/c1-12(2)24-11-14-5-6-15(7-16(14)22-24)21-17(18-3)19-8-13-9-20-23(4)10-13;/h9-12,15H,5-8H2,1-4H3,(H2,18,19,21);1H. The van der Waals surface area contributed by atoms with Gasteiger partial charge in [0.1, 0.15) is 0 Å². The number of rotatable bonds is 4. The third kappa shape index (κ3) is 4.96. The Kier molecular flexibility index (Phi) is 6.86. The largest absolute Gasteiger partial charge is 0.353 e. The van der Waals surface area contributed by atoms with Crippen molar-refractivity contribution in [3.8, 4) is 0 Å². The van der Waals surface area contributed by atoms with Gasteiger partial charge in [0.05, 0.1) is 11.9 Å². The summed E-state index contributed by atoms with van der Waals surface area (Å²) in [6.45, 7) is 5.05. The summed E-state index contributed by atoms with van der Waals surface area (Å²) < 4.78 is 3.88. The zero-order valence-corrected chi connectivity index (χ0v) is 17.7. The van der Waals surface area contributed by atoms with Crippen LogP contribution in [0.4, 0.5) is 0 Å². The predicted octanol–water partition coefficient (Wildman–Crippen LogP) is 2.04. The van der Waals surface area contributed by atoms with Crippen LogP contribution in [0.15, 0.2) is 23.6 Å². The molecule has 8 heteroatoms.